The minimum Gasteiger partial charge on any atom is -0.471 e. The molecule has 0 radical (unpaired) electrons. The van der Waals surface area contributed by atoms with Crippen LogP contribution in [0.25, 0.3) is 11.2 Å². The number of aromatic amines is 1. The van der Waals surface area contributed by atoms with Crippen molar-refractivity contribution in [1.82, 2.24) is 19.9 Å². The van der Waals surface area contributed by atoms with Crippen molar-refractivity contribution in [3.8, 4) is 11.9 Å². The van der Waals surface area contributed by atoms with Gasteiger partial charge in [-0.2, -0.15) is 9.97 Å². The molecule has 204 valence electrons. The van der Waals surface area contributed by atoms with E-state index in [9.17, 15) is 18.7 Å². The maximum Gasteiger partial charge on any atom is 0.296 e. The molecule has 0 aliphatic carbocycles. The second kappa shape index (κ2) is 10.9. The molecule has 2 fully saturated rings. The fraction of sp³-hybridized carbons (Fsp3) is 0.458. The first-order chi connectivity index (χ1) is 18.2. The van der Waals surface area contributed by atoms with Crippen LogP contribution >= 0.6 is 11.6 Å². The highest BCUT2D eigenvalue weighted by molar-refractivity contribution is 6.32. The molecular formula is C24H25ClF2N4O7. The third-order valence-corrected chi connectivity index (χ3v) is 6.61. The fourth-order valence-corrected chi connectivity index (χ4v) is 4.49. The molecule has 38 heavy (non-hydrogen) atoms. The third kappa shape index (κ3) is 5.24. The number of aromatic nitrogens is 3. The Labute approximate surface area is 220 Å². The van der Waals surface area contributed by atoms with Crippen LogP contribution in [-0.2, 0) is 20.8 Å². The molecule has 4 atom stereocenters. The predicted octanol–water partition coefficient (Wildman–Crippen LogP) is 2.09. The van der Waals surface area contributed by atoms with Crippen molar-refractivity contribution >= 4 is 28.7 Å². The van der Waals surface area contributed by atoms with Crippen LogP contribution in [0.15, 0.2) is 18.2 Å². The van der Waals surface area contributed by atoms with E-state index in [1.807, 2.05) is 0 Å². The molecule has 1 amide bonds. The molecule has 14 heteroatoms. The van der Waals surface area contributed by atoms with Gasteiger partial charge in [-0.1, -0.05) is 11.6 Å². The van der Waals surface area contributed by atoms with Gasteiger partial charge >= 0.3 is 0 Å². The smallest absolute Gasteiger partial charge is 0.296 e. The number of carbonyl (C=O) groups excluding carboxylic acids is 1. The summed E-state index contributed by atoms with van der Waals surface area (Å²) < 4.78 is 56.8. The molecule has 4 heterocycles. The topological polar surface area (TPSA) is 128 Å². The van der Waals surface area contributed by atoms with Gasteiger partial charge in [0.2, 0.25) is 5.88 Å². The Morgan fingerprint density at radius 2 is 1.95 bits per heavy atom. The number of benzene rings is 1. The van der Waals surface area contributed by atoms with Crippen LogP contribution < -0.4 is 9.47 Å². The van der Waals surface area contributed by atoms with Gasteiger partial charge in [-0.05, 0) is 18.2 Å². The zero-order valence-electron chi connectivity index (χ0n) is 20.4. The first kappa shape index (κ1) is 26.5. The van der Waals surface area contributed by atoms with Crippen LogP contribution in [0.2, 0.25) is 5.02 Å². The lowest BCUT2D eigenvalue weighted by Gasteiger charge is -2.17. The number of ether oxygens (including phenoxy) is 5. The molecule has 1 aromatic carbocycles. The van der Waals surface area contributed by atoms with Crippen molar-refractivity contribution in [2.24, 2.45) is 0 Å². The van der Waals surface area contributed by atoms with E-state index in [0.717, 1.165) is 12.1 Å². The van der Waals surface area contributed by atoms with Gasteiger partial charge in [-0.25, -0.2) is 8.78 Å². The first-order valence-corrected chi connectivity index (χ1v) is 12.1. The summed E-state index contributed by atoms with van der Waals surface area (Å²) >= 11 is 6.27. The van der Waals surface area contributed by atoms with Crippen LogP contribution in [0.5, 0.6) is 11.9 Å². The molecular weight excluding hydrogens is 530 g/mol. The number of likely N-dealkylation sites (N-methyl/N-ethyl adjacent to an activating group) is 1. The minimum absolute atomic E-state index is 0.0756. The van der Waals surface area contributed by atoms with Gasteiger partial charge in [0, 0.05) is 26.3 Å². The van der Waals surface area contributed by atoms with Crippen molar-refractivity contribution in [2.45, 2.75) is 31.0 Å². The average Bonchev–Trinajstić information content (AvgIpc) is 3.58. The molecule has 0 saturated carbocycles. The number of H-pyrrole nitrogens is 1. The summed E-state index contributed by atoms with van der Waals surface area (Å²) in [5, 5.41) is 9.95. The molecule has 2 aliphatic heterocycles. The SMILES string of the molecule is COCCN(C)C(=O)c1cc(F)c(COc2nc3nc(O[C@@H]4COC5[C@H](O)CO[C@@H]54)[nH]c3cc2Cl)c(F)c1. The molecule has 0 bridgehead atoms. The summed E-state index contributed by atoms with van der Waals surface area (Å²) in [6.45, 7) is 0.410. The Kier molecular flexibility index (Phi) is 7.63. The number of carbonyl (C=O) groups is 1. The number of aliphatic hydroxyl groups excluding tert-OH is 1. The summed E-state index contributed by atoms with van der Waals surface area (Å²) in [6, 6.07) is 3.53. The van der Waals surface area contributed by atoms with Gasteiger partial charge in [-0.15, -0.1) is 0 Å². The Hall–Kier alpha value is -3.10. The molecule has 3 aromatic rings. The van der Waals surface area contributed by atoms with Gasteiger partial charge in [0.15, 0.2) is 11.8 Å². The number of imidazole rings is 1. The highest BCUT2D eigenvalue weighted by atomic mass is 35.5. The van der Waals surface area contributed by atoms with E-state index in [-0.39, 0.29) is 60.1 Å². The number of halogens is 3. The summed E-state index contributed by atoms with van der Waals surface area (Å²) in [7, 11) is 3.00. The van der Waals surface area contributed by atoms with Gasteiger partial charge in [-0.3, -0.25) is 4.79 Å². The van der Waals surface area contributed by atoms with Crippen LogP contribution in [-0.4, -0.2) is 95.8 Å². The lowest BCUT2D eigenvalue weighted by molar-refractivity contribution is 0.00706. The van der Waals surface area contributed by atoms with Gasteiger partial charge < -0.3 is 38.7 Å². The zero-order chi connectivity index (χ0) is 27.0. The molecule has 5 rings (SSSR count). The Morgan fingerprint density at radius 1 is 1.21 bits per heavy atom. The van der Waals surface area contributed by atoms with E-state index in [2.05, 4.69) is 15.0 Å². The number of pyridine rings is 1. The van der Waals surface area contributed by atoms with E-state index in [1.54, 1.807) is 0 Å². The number of methoxy groups -OCH3 is 1. The second-order valence-electron chi connectivity index (χ2n) is 8.93. The van der Waals surface area contributed by atoms with Gasteiger partial charge in [0.1, 0.15) is 41.6 Å². The zero-order valence-corrected chi connectivity index (χ0v) is 21.2. The Balaban J connectivity index is 1.27. The van der Waals surface area contributed by atoms with Crippen molar-refractivity contribution in [1.29, 1.82) is 0 Å². The maximum atomic E-state index is 14.7. The molecule has 0 spiro atoms. The largest absolute Gasteiger partial charge is 0.471 e. The third-order valence-electron chi connectivity index (χ3n) is 6.34. The van der Waals surface area contributed by atoms with Crippen molar-refractivity contribution < 1.29 is 42.4 Å². The molecule has 2 aromatic heterocycles. The standard InChI is InChI=1S/C24H25ClF2N4O7/c1-31(3-4-34-2)23(33)11-5-14(26)12(15(27)6-11)8-37-22-13(25)7-16-21(29-22)30-24(28-16)38-18-10-36-19-17(32)9-35-20(18)19/h5-7,17-20,32H,3-4,8-10H2,1-2H3,(H,28,29,30)/t17-,18-,19?,20-/m1/s1. The highest BCUT2D eigenvalue weighted by Gasteiger charge is 2.48. The van der Waals surface area contributed by atoms with Crippen molar-refractivity contribution in [3.05, 3.63) is 46.0 Å². The van der Waals surface area contributed by atoms with Crippen LogP contribution in [0.1, 0.15) is 15.9 Å². The summed E-state index contributed by atoms with van der Waals surface area (Å²) in [6.07, 6.45) is -2.07. The Bertz CT molecular complexity index is 1320. The molecule has 2 N–H and O–H groups in total. The number of nitrogens with one attached hydrogen (secondary N) is 1. The number of hydrogen-bond acceptors (Lipinski definition) is 9. The molecule has 2 aliphatic rings. The summed E-state index contributed by atoms with van der Waals surface area (Å²) in [4.78, 5) is 25.2. The lowest BCUT2D eigenvalue weighted by atomic mass is 10.1. The number of fused-ring (bicyclic) bond motifs is 2. The van der Waals surface area contributed by atoms with Crippen molar-refractivity contribution in [3.63, 3.8) is 0 Å². The summed E-state index contributed by atoms with van der Waals surface area (Å²) in [5.41, 5.74) is 0.112. The number of aliphatic hydroxyl groups is 1. The van der Waals surface area contributed by atoms with E-state index in [0.29, 0.717) is 5.52 Å². The first-order valence-electron chi connectivity index (χ1n) is 11.7. The number of amides is 1. The maximum absolute atomic E-state index is 14.7. The number of hydrogen-bond donors (Lipinski definition) is 2. The van der Waals surface area contributed by atoms with E-state index in [4.69, 9.17) is 35.3 Å². The van der Waals surface area contributed by atoms with E-state index < -0.39 is 48.6 Å². The van der Waals surface area contributed by atoms with Gasteiger partial charge in [0.25, 0.3) is 11.9 Å². The fourth-order valence-electron chi connectivity index (χ4n) is 4.28. The predicted molar refractivity (Wildman–Crippen MR) is 128 cm³/mol. The summed E-state index contributed by atoms with van der Waals surface area (Å²) in [5.74, 6) is -2.54. The van der Waals surface area contributed by atoms with Crippen LogP contribution in [0, 0.1) is 11.6 Å². The monoisotopic (exact) mass is 554 g/mol. The van der Waals surface area contributed by atoms with Crippen LogP contribution in [0.4, 0.5) is 8.78 Å². The molecule has 11 nitrogen and oxygen atoms in total. The molecule has 1 unspecified atom stereocenters. The van der Waals surface area contributed by atoms with Gasteiger partial charge in [0.05, 0.1) is 30.9 Å². The van der Waals surface area contributed by atoms with Crippen molar-refractivity contribution in [2.75, 3.05) is 40.5 Å². The average molecular weight is 555 g/mol. The quantitative estimate of drug-likeness (QED) is 0.408. The highest BCUT2D eigenvalue weighted by Crippen LogP contribution is 2.31. The van der Waals surface area contributed by atoms with E-state index >= 15 is 0 Å². The Morgan fingerprint density at radius 3 is 2.68 bits per heavy atom. The minimum atomic E-state index is -0.947. The second-order valence-corrected chi connectivity index (χ2v) is 9.34. The normalized spacial score (nSPS) is 22.6. The molecule has 2 saturated heterocycles. The van der Waals surface area contributed by atoms with Crippen LogP contribution in [0.3, 0.4) is 0 Å². The lowest BCUT2D eigenvalue weighted by Crippen LogP contribution is -2.34. The number of rotatable bonds is 9. The van der Waals surface area contributed by atoms with E-state index in [1.165, 1.54) is 25.1 Å². The number of nitrogens with zero attached hydrogens (tertiary/aromatic N) is 3.